The van der Waals surface area contributed by atoms with E-state index in [9.17, 15) is 14.4 Å². The van der Waals surface area contributed by atoms with Crippen LogP contribution in [0.25, 0.3) is 0 Å². The number of anilines is 1. The molecule has 2 aromatic rings. The molecule has 0 aliphatic rings. The third-order valence-corrected chi connectivity index (χ3v) is 5.46. The van der Waals surface area contributed by atoms with Gasteiger partial charge in [-0.15, -0.1) is 11.3 Å². The molecule has 0 atom stereocenters. The molecule has 0 aliphatic carbocycles. The summed E-state index contributed by atoms with van der Waals surface area (Å²) < 4.78 is 4.84. The lowest BCUT2D eigenvalue weighted by atomic mass is 10.1. The van der Waals surface area contributed by atoms with Crippen LogP contribution >= 0.6 is 23.6 Å². The van der Waals surface area contributed by atoms with Gasteiger partial charge in [0, 0.05) is 20.6 Å². The van der Waals surface area contributed by atoms with Gasteiger partial charge < -0.3 is 25.4 Å². The summed E-state index contributed by atoms with van der Waals surface area (Å²) in [5.41, 5.74) is 1.82. The minimum Gasteiger partial charge on any atom is -0.478 e. The number of rotatable bonds is 6. The highest BCUT2D eigenvalue weighted by Crippen LogP contribution is 2.34. The predicted octanol–water partition coefficient (Wildman–Crippen LogP) is 2.73. The van der Waals surface area contributed by atoms with Crippen LogP contribution in [0.1, 0.15) is 41.5 Å². The molecule has 0 spiro atoms. The molecule has 154 valence electrons. The van der Waals surface area contributed by atoms with Crippen LogP contribution in [-0.4, -0.2) is 54.2 Å². The summed E-state index contributed by atoms with van der Waals surface area (Å²) in [5, 5.41) is 15.6. The van der Waals surface area contributed by atoms with E-state index in [2.05, 4.69) is 10.6 Å². The van der Waals surface area contributed by atoms with Gasteiger partial charge in [0.1, 0.15) is 5.00 Å². The van der Waals surface area contributed by atoms with Gasteiger partial charge in [0.2, 0.25) is 0 Å². The maximum atomic E-state index is 12.4. The lowest BCUT2D eigenvalue weighted by Crippen LogP contribution is -2.28. The lowest BCUT2D eigenvalue weighted by molar-refractivity contribution is 0.0600. The molecular formula is C19H21N3O5S2. The summed E-state index contributed by atoms with van der Waals surface area (Å²) in [7, 11) is 4.54. The van der Waals surface area contributed by atoms with Gasteiger partial charge in [-0.2, -0.15) is 0 Å². The van der Waals surface area contributed by atoms with E-state index in [1.807, 2.05) is 0 Å². The van der Waals surface area contributed by atoms with Gasteiger partial charge in [-0.3, -0.25) is 4.79 Å². The van der Waals surface area contributed by atoms with Crippen LogP contribution in [0.5, 0.6) is 0 Å². The summed E-state index contributed by atoms with van der Waals surface area (Å²) in [6.07, 6.45) is 0. The van der Waals surface area contributed by atoms with Crippen molar-refractivity contribution in [3.63, 3.8) is 0 Å². The van der Waals surface area contributed by atoms with Crippen molar-refractivity contribution in [1.29, 1.82) is 0 Å². The van der Waals surface area contributed by atoms with Crippen LogP contribution in [0.3, 0.4) is 0 Å². The topological polar surface area (TPSA) is 108 Å². The minimum absolute atomic E-state index is 0.198. The molecule has 29 heavy (non-hydrogen) atoms. The maximum absolute atomic E-state index is 12.4. The van der Waals surface area contributed by atoms with Crippen molar-refractivity contribution in [2.45, 2.75) is 13.5 Å². The Labute approximate surface area is 177 Å². The summed E-state index contributed by atoms with van der Waals surface area (Å²) in [5.74, 6) is -1.78. The first-order chi connectivity index (χ1) is 13.6. The van der Waals surface area contributed by atoms with Crippen LogP contribution < -0.4 is 10.6 Å². The van der Waals surface area contributed by atoms with Crippen molar-refractivity contribution in [1.82, 2.24) is 10.2 Å². The zero-order valence-corrected chi connectivity index (χ0v) is 18.0. The Morgan fingerprint density at radius 2 is 1.83 bits per heavy atom. The summed E-state index contributed by atoms with van der Waals surface area (Å²) in [6.45, 7) is 2.04. The highest BCUT2D eigenvalue weighted by atomic mass is 32.1. The van der Waals surface area contributed by atoms with E-state index in [0.717, 1.165) is 16.9 Å². The first-order valence-corrected chi connectivity index (χ1v) is 9.68. The molecule has 0 saturated carbocycles. The molecule has 1 amide bonds. The second kappa shape index (κ2) is 9.48. The molecule has 0 saturated heterocycles. The van der Waals surface area contributed by atoms with Gasteiger partial charge in [0.25, 0.3) is 5.91 Å². The highest BCUT2D eigenvalue weighted by Gasteiger charge is 2.26. The monoisotopic (exact) mass is 435 g/mol. The molecule has 0 aliphatic heterocycles. The molecule has 3 N–H and O–H groups in total. The first-order valence-electron chi connectivity index (χ1n) is 8.46. The van der Waals surface area contributed by atoms with Gasteiger partial charge in [-0.05, 0) is 42.4 Å². The number of methoxy groups -OCH3 is 1. The third-order valence-electron chi connectivity index (χ3n) is 4.02. The molecule has 8 nitrogen and oxygen atoms in total. The number of nitrogens with one attached hydrogen (secondary N) is 2. The molecule has 0 fully saturated rings. The SMILES string of the molecule is COC(=O)c1c(NC(=S)NCc2ccc(C(=O)O)cc2)sc(C(=O)N(C)C)c1C. The number of carboxylic acid groups (broad SMARTS) is 1. The fraction of sp³-hybridized carbons (Fsp3) is 0.263. The van der Waals surface area contributed by atoms with E-state index in [4.69, 9.17) is 22.1 Å². The molecular weight excluding hydrogens is 414 g/mol. The van der Waals surface area contributed by atoms with E-state index in [-0.39, 0.29) is 22.1 Å². The quantitative estimate of drug-likeness (QED) is 0.470. The number of thiophene rings is 1. The van der Waals surface area contributed by atoms with Gasteiger partial charge in [0.15, 0.2) is 5.11 Å². The minimum atomic E-state index is -0.992. The van der Waals surface area contributed by atoms with Gasteiger partial charge in [-0.1, -0.05) is 12.1 Å². The van der Waals surface area contributed by atoms with Crippen molar-refractivity contribution in [3.05, 3.63) is 51.4 Å². The smallest absolute Gasteiger partial charge is 0.341 e. The fourth-order valence-corrected chi connectivity index (χ4v) is 3.91. The van der Waals surface area contributed by atoms with Crippen LogP contribution in [-0.2, 0) is 11.3 Å². The van der Waals surface area contributed by atoms with Crippen molar-refractivity contribution in [3.8, 4) is 0 Å². The molecule has 0 radical (unpaired) electrons. The van der Waals surface area contributed by atoms with E-state index >= 15 is 0 Å². The molecule has 1 aromatic carbocycles. The van der Waals surface area contributed by atoms with Crippen molar-refractivity contribution >= 4 is 51.5 Å². The molecule has 2 rings (SSSR count). The van der Waals surface area contributed by atoms with E-state index in [1.54, 1.807) is 33.2 Å². The van der Waals surface area contributed by atoms with Gasteiger partial charge in [-0.25, -0.2) is 9.59 Å². The number of amides is 1. The number of hydrogen-bond acceptors (Lipinski definition) is 6. The molecule has 0 unspecified atom stereocenters. The Kier molecular flexibility index (Phi) is 7.29. The molecule has 0 bridgehead atoms. The summed E-state index contributed by atoms with van der Waals surface area (Å²) in [6, 6.07) is 6.38. The Morgan fingerprint density at radius 1 is 1.21 bits per heavy atom. The Balaban J connectivity index is 2.16. The van der Waals surface area contributed by atoms with E-state index in [1.165, 1.54) is 24.1 Å². The van der Waals surface area contributed by atoms with Crippen molar-refractivity contribution < 1.29 is 24.2 Å². The van der Waals surface area contributed by atoms with Crippen molar-refractivity contribution in [2.24, 2.45) is 0 Å². The zero-order valence-electron chi connectivity index (χ0n) is 16.4. The van der Waals surface area contributed by atoms with E-state index in [0.29, 0.717) is 22.0 Å². The number of benzene rings is 1. The van der Waals surface area contributed by atoms with Crippen LogP contribution in [0.15, 0.2) is 24.3 Å². The third kappa shape index (κ3) is 5.30. The number of aromatic carboxylic acids is 1. The number of thiocarbonyl (C=S) groups is 1. The van der Waals surface area contributed by atoms with Gasteiger partial charge >= 0.3 is 11.9 Å². The van der Waals surface area contributed by atoms with Crippen LogP contribution in [0.4, 0.5) is 5.00 Å². The van der Waals surface area contributed by atoms with Gasteiger partial charge in [0.05, 0.1) is 23.1 Å². The maximum Gasteiger partial charge on any atom is 0.341 e. The largest absolute Gasteiger partial charge is 0.478 e. The number of nitrogens with zero attached hydrogens (tertiary/aromatic N) is 1. The first kappa shape index (κ1) is 22.3. The lowest BCUT2D eigenvalue weighted by Gasteiger charge is -2.11. The molecule has 1 heterocycles. The average Bonchev–Trinajstić information content (AvgIpc) is 3.01. The number of carbonyl (C=O) groups is 3. The number of carboxylic acids is 1. The summed E-state index contributed by atoms with van der Waals surface area (Å²) in [4.78, 5) is 37.4. The Bertz CT molecular complexity index is 951. The normalized spacial score (nSPS) is 10.2. The zero-order chi connectivity index (χ0) is 21.7. The Morgan fingerprint density at radius 3 is 2.34 bits per heavy atom. The number of esters is 1. The number of carbonyl (C=O) groups excluding carboxylic acids is 2. The predicted molar refractivity (Wildman–Crippen MR) is 115 cm³/mol. The standard InChI is InChI=1S/C19H21N3O5S2/c1-10-13(18(26)27-4)15(29-14(10)16(23)22(2)3)21-19(28)20-9-11-5-7-12(8-6-11)17(24)25/h5-8H,9H2,1-4H3,(H,24,25)(H2,20,21,28). The average molecular weight is 436 g/mol. The van der Waals surface area contributed by atoms with Crippen LogP contribution in [0, 0.1) is 6.92 Å². The van der Waals surface area contributed by atoms with Crippen LogP contribution in [0.2, 0.25) is 0 Å². The number of hydrogen-bond donors (Lipinski definition) is 3. The van der Waals surface area contributed by atoms with Crippen molar-refractivity contribution in [2.75, 3.05) is 26.5 Å². The second-order valence-corrected chi connectivity index (χ2v) is 7.69. The second-order valence-electron chi connectivity index (χ2n) is 6.26. The van der Waals surface area contributed by atoms with E-state index < -0.39 is 11.9 Å². The fourth-order valence-electron chi connectivity index (χ4n) is 2.45. The highest BCUT2D eigenvalue weighted by molar-refractivity contribution is 7.80. The summed E-state index contributed by atoms with van der Waals surface area (Å²) >= 11 is 6.42. The molecule has 1 aromatic heterocycles. The Hall–Kier alpha value is -2.98. The molecule has 10 heteroatoms. The number of ether oxygens (including phenoxy) is 1.